The summed E-state index contributed by atoms with van der Waals surface area (Å²) in [5.41, 5.74) is 2.88. The Morgan fingerprint density at radius 2 is 1.81 bits per heavy atom. The Kier molecular flexibility index (Phi) is 4.48. The fraction of sp³-hybridized carbons (Fsp3) is 0.235. The Bertz CT molecular complexity index is 635. The summed E-state index contributed by atoms with van der Waals surface area (Å²) in [6, 6.07) is 12.2. The minimum absolute atomic E-state index is 0.0261. The third-order valence-electron chi connectivity index (χ3n) is 3.52. The lowest BCUT2D eigenvalue weighted by molar-refractivity contribution is -0.120. The molecule has 0 radical (unpaired) electrons. The molecule has 0 saturated heterocycles. The number of aromatic hydroxyl groups is 1. The van der Waals surface area contributed by atoms with E-state index in [0.29, 0.717) is 5.69 Å². The van der Waals surface area contributed by atoms with Gasteiger partial charge in [0.1, 0.15) is 11.5 Å². The minimum Gasteiger partial charge on any atom is -0.508 e. The first kappa shape index (κ1) is 14.9. The van der Waals surface area contributed by atoms with E-state index in [9.17, 15) is 9.90 Å². The van der Waals surface area contributed by atoms with Gasteiger partial charge in [-0.3, -0.25) is 4.79 Å². The topological polar surface area (TPSA) is 49.8 Å². The van der Waals surface area contributed by atoms with E-state index in [0.717, 1.165) is 16.9 Å². The van der Waals surface area contributed by atoms with E-state index in [4.69, 9.17) is 4.74 Å². The highest BCUT2D eigenvalue weighted by Gasteiger charge is 2.12. The molecule has 2 rings (SSSR count). The number of hydrogen-bond acceptors (Lipinski definition) is 3. The van der Waals surface area contributed by atoms with Crippen molar-refractivity contribution in [1.29, 1.82) is 0 Å². The lowest BCUT2D eigenvalue weighted by atomic mass is 10.1. The maximum absolute atomic E-state index is 12.1. The molecule has 21 heavy (non-hydrogen) atoms. The molecule has 0 spiro atoms. The molecule has 0 aromatic heterocycles. The number of benzene rings is 2. The largest absolute Gasteiger partial charge is 0.508 e. The molecule has 0 bridgehead atoms. The lowest BCUT2D eigenvalue weighted by Gasteiger charge is -2.18. The third-order valence-corrected chi connectivity index (χ3v) is 3.52. The maximum atomic E-state index is 12.1. The second-order valence-electron chi connectivity index (χ2n) is 4.96. The van der Waals surface area contributed by atoms with Crippen molar-refractivity contribution in [3.05, 3.63) is 53.6 Å². The van der Waals surface area contributed by atoms with Crippen molar-refractivity contribution in [2.24, 2.45) is 0 Å². The number of carbonyl (C=O) groups excluding carboxylic acids is 1. The molecule has 4 heteroatoms. The Morgan fingerprint density at radius 3 is 2.48 bits per heavy atom. The number of hydrogen-bond donors (Lipinski definition) is 1. The van der Waals surface area contributed by atoms with Crippen molar-refractivity contribution in [3.8, 4) is 11.5 Å². The van der Waals surface area contributed by atoms with E-state index in [1.54, 1.807) is 31.3 Å². The van der Waals surface area contributed by atoms with Gasteiger partial charge in [0.15, 0.2) is 6.61 Å². The van der Waals surface area contributed by atoms with Crippen molar-refractivity contribution in [1.82, 2.24) is 0 Å². The van der Waals surface area contributed by atoms with Gasteiger partial charge in [0.25, 0.3) is 5.91 Å². The van der Waals surface area contributed by atoms with Crippen molar-refractivity contribution in [3.63, 3.8) is 0 Å². The molecule has 4 nitrogen and oxygen atoms in total. The van der Waals surface area contributed by atoms with Crippen LogP contribution in [0, 0.1) is 13.8 Å². The summed E-state index contributed by atoms with van der Waals surface area (Å²) in [4.78, 5) is 13.6. The van der Waals surface area contributed by atoms with E-state index in [1.807, 2.05) is 32.0 Å². The maximum Gasteiger partial charge on any atom is 0.264 e. The predicted molar refractivity (Wildman–Crippen MR) is 82.9 cm³/mol. The molecule has 0 fully saturated rings. The molecule has 0 heterocycles. The first-order chi connectivity index (χ1) is 9.99. The lowest BCUT2D eigenvalue weighted by Crippen LogP contribution is -2.31. The van der Waals surface area contributed by atoms with E-state index in [1.165, 1.54) is 4.90 Å². The monoisotopic (exact) mass is 285 g/mol. The fourth-order valence-corrected chi connectivity index (χ4v) is 1.94. The zero-order valence-corrected chi connectivity index (χ0v) is 12.5. The number of nitrogens with zero attached hydrogens (tertiary/aromatic N) is 1. The standard InChI is InChI=1S/C17H19NO3/c1-12-5-4-6-16(13(12)2)21-11-17(20)18(3)14-7-9-15(19)10-8-14/h4-10,19H,11H2,1-3H3. The van der Waals surface area contributed by atoms with Gasteiger partial charge in [-0.05, 0) is 55.3 Å². The molecule has 0 atom stereocenters. The number of likely N-dealkylation sites (N-methyl/N-ethyl adjacent to an activating group) is 1. The van der Waals surface area contributed by atoms with Crippen LogP contribution in [0.5, 0.6) is 11.5 Å². The number of amides is 1. The van der Waals surface area contributed by atoms with Crippen LogP contribution in [0.15, 0.2) is 42.5 Å². The summed E-state index contributed by atoms with van der Waals surface area (Å²) in [6.45, 7) is 3.95. The molecule has 2 aromatic rings. The number of aryl methyl sites for hydroxylation is 1. The molecule has 1 amide bonds. The minimum atomic E-state index is -0.151. The Morgan fingerprint density at radius 1 is 1.14 bits per heavy atom. The average molecular weight is 285 g/mol. The van der Waals surface area contributed by atoms with Crippen molar-refractivity contribution in [2.45, 2.75) is 13.8 Å². The molecule has 0 aliphatic rings. The second kappa shape index (κ2) is 6.31. The first-order valence-corrected chi connectivity index (χ1v) is 6.73. The SMILES string of the molecule is Cc1cccc(OCC(=O)N(C)c2ccc(O)cc2)c1C. The zero-order valence-electron chi connectivity index (χ0n) is 12.5. The number of phenolic OH excluding ortho intramolecular Hbond substituents is 1. The summed E-state index contributed by atoms with van der Waals surface area (Å²) in [5.74, 6) is 0.746. The van der Waals surface area contributed by atoms with Gasteiger partial charge in [0.2, 0.25) is 0 Å². The Hall–Kier alpha value is -2.49. The highest BCUT2D eigenvalue weighted by molar-refractivity contribution is 5.93. The number of anilines is 1. The van der Waals surface area contributed by atoms with Crippen LogP contribution in [0.1, 0.15) is 11.1 Å². The van der Waals surface area contributed by atoms with E-state index in [2.05, 4.69) is 0 Å². The Balaban J connectivity index is 2.01. The van der Waals surface area contributed by atoms with Crippen LogP contribution in [0.25, 0.3) is 0 Å². The number of phenols is 1. The highest BCUT2D eigenvalue weighted by Crippen LogP contribution is 2.21. The normalized spacial score (nSPS) is 10.2. The summed E-state index contributed by atoms with van der Waals surface area (Å²) in [6.07, 6.45) is 0. The van der Waals surface area contributed by atoms with Gasteiger partial charge in [-0.1, -0.05) is 12.1 Å². The molecule has 0 saturated carbocycles. The summed E-state index contributed by atoms with van der Waals surface area (Å²) in [5, 5.41) is 9.26. The molecular weight excluding hydrogens is 266 g/mol. The smallest absolute Gasteiger partial charge is 0.264 e. The molecule has 2 aromatic carbocycles. The summed E-state index contributed by atoms with van der Waals surface area (Å²) >= 11 is 0. The van der Waals surface area contributed by atoms with Crippen molar-refractivity contribution >= 4 is 11.6 Å². The Labute approximate surface area is 124 Å². The van der Waals surface area contributed by atoms with Crippen molar-refractivity contribution in [2.75, 3.05) is 18.6 Å². The van der Waals surface area contributed by atoms with E-state index in [-0.39, 0.29) is 18.3 Å². The van der Waals surface area contributed by atoms with Gasteiger partial charge < -0.3 is 14.7 Å². The first-order valence-electron chi connectivity index (χ1n) is 6.73. The number of carbonyl (C=O) groups is 1. The van der Waals surface area contributed by atoms with Crippen LogP contribution in [0.4, 0.5) is 5.69 Å². The molecule has 1 N–H and O–H groups in total. The number of ether oxygens (including phenoxy) is 1. The van der Waals surface area contributed by atoms with Gasteiger partial charge in [0, 0.05) is 12.7 Å². The van der Waals surface area contributed by atoms with Gasteiger partial charge in [-0.2, -0.15) is 0 Å². The van der Waals surface area contributed by atoms with Gasteiger partial charge in [-0.25, -0.2) is 0 Å². The van der Waals surface area contributed by atoms with Crippen LogP contribution in [-0.4, -0.2) is 24.7 Å². The molecule has 0 unspecified atom stereocenters. The fourth-order valence-electron chi connectivity index (χ4n) is 1.94. The molecule has 110 valence electrons. The number of rotatable bonds is 4. The summed E-state index contributed by atoms with van der Waals surface area (Å²) in [7, 11) is 1.68. The molecule has 0 aliphatic carbocycles. The summed E-state index contributed by atoms with van der Waals surface area (Å²) < 4.78 is 5.61. The third kappa shape index (κ3) is 3.54. The average Bonchev–Trinajstić information content (AvgIpc) is 2.48. The van der Waals surface area contributed by atoms with Crippen LogP contribution in [-0.2, 0) is 4.79 Å². The van der Waals surface area contributed by atoms with Crippen LogP contribution in [0.2, 0.25) is 0 Å². The van der Waals surface area contributed by atoms with Gasteiger partial charge in [0.05, 0.1) is 0 Å². The molecular formula is C17H19NO3. The van der Waals surface area contributed by atoms with E-state index >= 15 is 0 Å². The quantitative estimate of drug-likeness (QED) is 0.939. The highest BCUT2D eigenvalue weighted by atomic mass is 16.5. The van der Waals surface area contributed by atoms with Crippen LogP contribution >= 0.6 is 0 Å². The zero-order chi connectivity index (χ0) is 15.4. The van der Waals surface area contributed by atoms with Gasteiger partial charge >= 0.3 is 0 Å². The van der Waals surface area contributed by atoms with E-state index < -0.39 is 0 Å². The predicted octanol–water partition coefficient (Wildman–Crippen LogP) is 3.05. The van der Waals surface area contributed by atoms with Gasteiger partial charge in [-0.15, -0.1) is 0 Å². The van der Waals surface area contributed by atoms with Crippen LogP contribution < -0.4 is 9.64 Å². The molecule has 0 aliphatic heterocycles. The van der Waals surface area contributed by atoms with Crippen molar-refractivity contribution < 1.29 is 14.6 Å². The second-order valence-corrected chi connectivity index (χ2v) is 4.96. The van der Waals surface area contributed by atoms with Crippen LogP contribution in [0.3, 0.4) is 0 Å².